The minimum atomic E-state index is 0.577. The van der Waals surface area contributed by atoms with E-state index in [0.717, 1.165) is 66.8 Å². The maximum atomic E-state index is 5.20. The highest BCUT2D eigenvalue weighted by atomic mass is 15.2. The van der Waals surface area contributed by atoms with Crippen LogP contribution in [-0.2, 0) is 0 Å². The molecule has 45 heavy (non-hydrogen) atoms. The Morgan fingerprint density at radius 2 is 1.18 bits per heavy atom. The summed E-state index contributed by atoms with van der Waals surface area (Å²) < 4.78 is 0. The van der Waals surface area contributed by atoms with E-state index in [4.69, 9.17) is 24.9 Å². The van der Waals surface area contributed by atoms with Crippen molar-refractivity contribution in [1.29, 1.82) is 0 Å². The van der Waals surface area contributed by atoms with Crippen molar-refractivity contribution in [2.45, 2.75) is 0 Å². The van der Waals surface area contributed by atoms with E-state index in [9.17, 15) is 0 Å². The minimum Gasteiger partial charge on any atom is -0.294 e. The number of para-hydroxylation sites is 1. The van der Waals surface area contributed by atoms with Gasteiger partial charge in [-0.25, -0.2) is 19.9 Å². The standard InChI is InChI=1S/C39H26N6/c1-3-29-33(4-2)45(39-34-31(22-23-40-35(29)34)30-20-11-12-21-32(30)41-39)28-19-13-18-27(24-28)38-43-36(25-14-7-5-8-15-25)42-37(44-38)26-16-9-6-10-17-26/h3-24H,1-2H2. The monoisotopic (exact) mass is 578 g/mol. The zero-order valence-corrected chi connectivity index (χ0v) is 24.3. The molecule has 6 nitrogen and oxygen atoms in total. The molecule has 0 aliphatic carbocycles. The predicted octanol–water partition coefficient (Wildman–Crippen LogP) is 9.20. The fraction of sp³-hybridized carbons (Fsp3) is 0. The summed E-state index contributed by atoms with van der Waals surface area (Å²) in [4.78, 5) is 26.9. The van der Waals surface area contributed by atoms with Crippen LogP contribution in [0.4, 0.5) is 11.5 Å². The van der Waals surface area contributed by atoms with Gasteiger partial charge in [-0.05, 0) is 35.7 Å². The normalized spacial score (nSPS) is 12.5. The summed E-state index contributed by atoms with van der Waals surface area (Å²) in [6, 6.07) is 38.4. The van der Waals surface area contributed by atoms with E-state index in [1.54, 1.807) is 0 Å². The predicted molar refractivity (Wildman–Crippen MR) is 183 cm³/mol. The number of anilines is 2. The van der Waals surface area contributed by atoms with E-state index in [1.165, 1.54) is 0 Å². The van der Waals surface area contributed by atoms with Crippen molar-refractivity contribution in [3.63, 3.8) is 0 Å². The molecule has 0 bridgehead atoms. The summed E-state index contributed by atoms with van der Waals surface area (Å²) in [6.07, 6.45) is 5.54. The SMILES string of the molecule is C=CC1=C(C=C)N(c2cccc(-c3nc(-c4ccccc4)nc(-c4ccccc4)n3)c2)c2nc3ccccc3c3ccnc1c23. The lowest BCUT2D eigenvalue weighted by Gasteiger charge is -2.32. The van der Waals surface area contributed by atoms with Gasteiger partial charge in [0.05, 0.1) is 22.3 Å². The van der Waals surface area contributed by atoms with Crippen LogP contribution in [0.25, 0.3) is 61.4 Å². The number of benzene rings is 4. The van der Waals surface area contributed by atoms with Gasteiger partial charge in [0.25, 0.3) is 0 Å². The Kier molecular flexibility index (Phi) is 6.31. The van der Waals surface area contributed by atoms with Crippen LogP contribution in [0.1, 0.15) is 5.69 Å². The molecule has 8 rings (SSSR count). The number of rotatable bonds is 6. The van der Waals surface area contributed by atoms with Crippen molar-refractivity contribution in [2.24, 2.45) is 0 Å². The van der Waals surface area contributed by atoms with E-state index < -0.39 is 0 Å². The van der Waals surface area contributed by atoms with Gasteiger partial charge in [-0.1, -0.05) is 110 Å². The number of nitrogens with zero attached hydrogens (tertiary/aromatic N) is 6. The van der Waals surface area contributed by atoms with Gasteiger partial charge < -0.3 is 0 Å². The molecule has 0 unspecified atom stereocenters. The van der Waals surface area contributed by atoms with Gasteiger partial charge in [0, 0.05) is 39.5 Å². The Labute approximate surface area is 260 Å². The summed E-state index contributed by atoms with van der Waals surface area (Å²) >= 11 is 0. The van der Waals surface area contributed by atoms with Crippen molar-refractivity contribution in [2.75, 3.05) is 4.90 Å². The van der Waals surface area contributed by atoms with E-state index in [2.05, 4.69) is 42.3 Å². The molecule has 3 aromatic heterocycles. The first-order valence-electron chi connectivity index (χ1n) is 14.7. The maximum Gasteiger partial charge on any atom is 0.164 e. The Balaban J connectivity index is 1.35. The van der Waals surface area contributed by atoms with Crippen LogP contribution in [0.2, 0.25) is 0 Å². The van der Waals surface area contributed by atoms with E-state index >= 15 is 0 Å². The molecule has 0 N–H and O–H groups in total. The van der Waals surface area contributed by atoms with Crippen molar-refractivity contribution in [3.05, 3.63) is 158 Å². The molecule has 212 valence electrons. The molecule has 0 saturated carbocycles. The molecule has 0 fully saturated rings. The second-order valence-corrected chi connectivity index (χ2v) is 10.7. The molecule has 1 aliphatic heterocycles. The maximum absolute atomic E-state index is 5.20. The topological polar surface area (TPSA) is 67.7 Å². The van der Waals surface area contributed by atoms with Gasteiger partial charge in [0.15, 0.2) is 17.5 Å². The Morgan fingerprint density at radius 3 is 1.84 bits per heavy atom. The van der Waals surface area contributed by atoms with E-state index in [0.29, 0.717) is 17.5 Å². The highest BCUT2D eigenvalue weighted by Crippen LogP contribution is 2.46. The van der Waals surface area contributed by atoms with Gasteiger partial charge in [0.1, 0.15) is 5.82 Å². The summed E-state index contributed by atoms with van der Waals surface area (Å²) in [6.45, 7) is 8.35. The van der Waals surface area contributed by atoms with Crippen LogP contribution < -0.4 is 4.90 Å². The number of hydrogen-bond acceptors (Lipinski definition) is 6. The molecule has 4 aromatic carbocycles. The third-order valence-corrected chi connectivity index (χ3v) is 8.04. The Bertz CT molecular complexity index is 2250. The zero-order chi connectivity index (χ0) is 30.3. The smallest absolute Gasteiger partial charge is 0.164 e. The fourth-order valence-electron chi connectivity index (χ4n) is 5.99. The van der Waals surface area contributed by atoms with Gasteiger partial charge in [-0.3, -0.25) is 9.88 Å². The van der Waals surface area contributed by atoms with Crippen molar-refractivity contribution >= 4 is 38.8 Å². The van der Waals surface area contributed by atoms with Crippen LogP contribution in [-0.4, -0.2) is 24.9 Å². The second kappa shape index (κ2) is 10.8. The van der Waals surface area contributed by atoms with Crippen molar-refractivity contribution in [3.8, 4) is 34.2 Å². The van der Waals surface area contributed by atoms with Gasteiger partial charge in [-0.15, -0.1) is 0 Å². The zero-order valence-electron chi connectivity index (χ0n) is 24.3. The molecular weight excluding hydrogens is 552 g/mol. The summed E-state index contributed by atoms with van der Waals surface area (Å²) in [5, 5.41) is 3.13. The molecule has 4 heterocycles. The number of hydrogen-bond donors (Lipinski definition) is 0. The van der Waals surface area contributed by atoms with Crippen molar-refractivity contribution < 1.29 is 0 Å². The van der Waals surface area contributed by atoms with E-state index in [-0.39, 0.29) is 0 Å². The lowest BCUT2D eigenvalue weighted by Crippen LogP contribution is -2.22. The first-order chi connectivity index (χ1) is 22.2. The van der Waals surface area contributed by atoms with Crippen LogP contribution in [0, 0.1) is 0 Å². The number of aromatic nitrogens is 5. The fourth-order valence-corrected chi connectivity index (χ4v) is 5.99. The van der Waals surface area contributed by atoms with Crippen LogP contribution in [0.5, 0.6) is 0 Å². The molecule has 0 radical (unpaired) electrons. The Hall–Kier alpha value is -6.27. The van der Waals surface area contributed by atoms with Crippen LogP contribution in [0.15, 0.2) is 152 Å². The molecule has 1 aliphatic rings. The van der Waals surface area contributed by atoms with Crippen LogP contribution >= 0.6 is 0 Å². The molecule has 6 heteroatoms. The molecule has 0 spiro atoms. The second-order valence-electron chi connectivity index (χ2n) is 10.7. The third kappa shape index (κ3) is 4.39. The molecule has 0 saturated heterocycles. The summed E-state index contributed by atoms with van der Waals surface area (Å²) in [7, 11) is 0. The number of fused-ring (bicyclic) bond motifs is 2. The minimum absolute atomic E-state index is 0.577. The first-order valence-corrected chi connectivity index (χ1v) is 14.7. The van der Waals surface area contributed by atoms with Crippen LogP contribution in [0.3, 0.4) is 0 Å². The molecule has 7 aromatic rings. The molecular formula is C39H26N6. The molecule has 0 amide bonds. The average molecular weight is 579 g/mol. The summed E-state index contributed by atoms with van der Waals surface area (Å²) in [5.74, 6) is 2.59. The van der Waals surface area contributed by atoms with E-state index in [1.807, 2.05) is 109 Å². The highest BCUT2D eigenvalue weighted by molar-refractivity contribution is 6.16. The third-order valence-electron chi connectivity index (χ3n) is 8.04. The number of allylic oxidation sites excluding steroid dienone is 3. The summed E-state index contributed by atoms with van der Waals surface area (Å²) in [5.41, 5.74) is 7.07. The Morgan fingerprint density at radius 1 is 0.556 bits per heavy atom. The van der Waals surface area contributed by atoms with Gasteiger partial charge in [-0.2, -0.15) is 0 Å². The van der Waals surface area contributed by atoms with Crippen molar-refractivity contribution in [1.82, 2.24) is 24.9 Å². The number of pyridine rings is 2. The first kappa shape index (κ1) is 26.4. The average Bonchev–Trinajstić information content (AvgIpc) is 3.12. The highest BCUT2D eigenvalue weighted by Gasteiger charge is 2.29. The lowest BCUT2D eigenvalue weighted by atomic mass is 9.95. The van der Waals surface area contributed by atoms with Gasteiger partial charge >= 0.3 is 0 Å². The largest absolute Gasteiger partial charge is 0.294 e. The van der Waals surface area contributed by atoms with Gasteiger partial charge in [0.2, 0.25) is 0 Å². The molecule has 0 atom stereocenters. The lowest BCUT2D eigenvalue weighted by molar-refractivity contribution is 1.07. The quantitative estimate of drug-likeness (QED) is 0.183.